The maximum Gasteiger partial charge on any atom is 0.336 e. The van der Waals surface area contributed by atoms with E-state index in [4.69, 9.17) is 11.6 Å². The topological polar surface area (TPSA) is 105 Å². The predicted octanol–water partition coefficient (Wildman–Crippen LogP) is 5.61. The lowest BCUT2D eigenvalue weighted by Crippen LogP contribution is -2.45. The van der Waals surface area contributed by atoms with E-state index >= 15 is 0 Å². The van der Waals surface area contributed by atoms with Gasteiger partial charge >= 0.3 is 5.97 Å². The van der Waals surface area contributed by atoms with Gasteiger partial charge in [-0.2, -0.15) is 0 Å². The number of hydrogen-bond donors (Lipinski definition) is 1. The molecule has 0 saturated carbocycles. The lowest BCUT2D eigenvalue weighted by Gasteiger charge is -2.29. The number of benzene rings is 3. The van der Waals surface area contributed by atoms with Gasteiger partial charge < -0.3 is 10.0 Å². The zero-order chi connectivity index (χ0) is 29.1. The van der Waals surface area contributed by atoms with E-state index in [0.717, 1.165) is 5.56 Å². The number of aromatic nitrogens is 1. The van der Waals surface area contributed by atoms with Crippen LogP contribution in [0.5, 0.6) is 0 Å². The minimum atomic E-state index is -1.09. The van der Waals surface area contributed by atoms with Gasteiger partial charge in [0.2, 0.25) is 0 Å². The van der Waals surface area contributed by atoms with Crippen LogP contribution in [0.2, 0.25) is 5.02 Å². The summed E-state index contributed by atoms with van der Waals surface area (Å²) in [7, 11) is 0. The molecule has 1 atom stereocenters. The van der Waals surface area contributed by atoms with Crippen molar-refractivity contribution in [1.82, 2.24) is 9.88 Å². The maximum absolute atomic E-state index is 14.0. The van der Waals surface area contributed by atoms with E-state index in [9.17, 15) is 24.3 Å². The van der Waals surface area contributed by atoms with Crippen LogP contribution in [0.25, 0.3) is 11.1 Å². The lowest BCUT2D eigenvalue weighted by atomic mass is 9.94. The van der Waals surface area contributed by atoms with Crippen molar-refractivity contribution in [2.75, 3.05) is 0 Å². The second-order valence-electron chi connectivity index (χ2n) is 10.2. The average molecular weight is 567 g/mol. The van der Waals surface area contributed by atoms with E-state index in [1.165, 1.54) is 13.0 Å². The van der Waals surface area contributed by atoms with Gasteiger partial charge in [0, 0.05) is 48.3 Å². The van der Waals surface area contributed by atoms with Crippen molar-refractivity contribution in [3.63, 3.8) is 0 Å². The highest BCUT2D eigenvalue weighted by Gasteiger charge is 2.36. The molecule has 7 nitrogen and oxygen atoms in total. The largest absolute Gasteiger partial charge is 0.478 e. The highest BCUT2D eigenvalue weighted by Crippen LogP contribution is 2.30. The van der Waals surface area contributed by atoms with Gasteiger partial charge in [0.25, 0.3) is 5.91 Å². The Morgan fingerprint density at radius 1 is 0.951 bits per heavy atom. The minimum absolute atomic E-state index is 0.000724. The number of pyridine rings is 1. The zero-order valence-corrected chi connectivity index (χ0v) is 23.1. The molecule has 1 aliphatic rings. The van der Waals surface area contributed by atoms with Crippen molar-refractivity contribution in [3.8, 4) is 11.1 Å². The summed E-state index contributed by atoms with van der Waals surface area (Å²) < 4.78 is 0. The molecule has 0 fully saturated rings. The molecule has 8 heteroatoms. The van der Waals surface area contributed by atoms with Crippen LogP contribution in [0.3, 0.4) is 0 Å². The Kier molecular flexibility index (Phi) is 8.08. The minimum Gasteiger partial charge on any atom is -0.478 e. The summed E-state index contributed by atoms with van der Waals surface area (Å²) in [5.74, 6) is -1.54. The van der Waals surface area contributed by atoms with E-state index in [2.05, 4.69) is 4.98 Å². The van der Waals surface area contributed by atoms with Crippen LogP contribution in [0.4, 0.5) is 0 Å². The highest BCUT2D eigenvalue weighted by atomic mass is 35.5. The third-order valence-electron chi connectivity index (χ3n) is 7.16. The summed E-state index contributed by atoms with van der Waals surface area (Å²) >= 11 is 6.20. The molecule has 41 heavy (non-hydrogen) atoms. The Morgan fingerprint density at radius 3 is 2.51 bits per heavy atom. The fourth-order valence-corrected chi connectivity index (χ4v) is 5.46. The number of carboxylic acids is 1. The SMILES string of the molecule is CC(=O)Cc1cccc(-c2cc(CN3C(=O)c4ccc(Cl)cc4CC(=O)[C@H]3Cc3ccccn3)ccc2C(=O)O)c1. The molecule has 4 aromatic rings. The van der Waals surface area contributed by atoms with E-state index in [1.54, 1.807) is 65.7 Å². The number of Topliss-reactive ketones (excluding diaryl/α,β-unsaturated/α-hetero) is 2. The zero-order valence-electron chi connectivity index (χ0n) is 22.3. The van der Waals surface area contributed by atoms with Crippen LogP contribution in [-0.2, 0) is 35.4 Å². The van der Waals surface area contributed by atoms with Crippen molar-refractivity contribution in [2.24, 2.45) is 0 Å². The first-order valence-electron chi connectivity index (χ1n) is 13.2. The van der Waals surface area contributed by atoms with Gasteiger partial charge in [0.05, 0.1) is 11.6 Å². The first-order chi connectivity index (χ1) is 19.7. The number of carbonyl (C=O) groups is 4. The van der Waals surface area contributed by atoms with Gasteiger partial charge in [-0.1, -0.05) is 48.0 Å². The predicted molar refractivity (Wildman–Crippen MR) is 155 cm³/mol. The molecular formula is C33H27ClN2O5. The molecular weight excluding hydrogens is 540 g/mol. The second-order valence-corrected chi connectivity index (χ2v) is 10.6. The van der Waals surface area contributed by atoms with E-state index in [1.807, 2.05) is 18.2 Å². The van der Waals surface area contributed by atoms with Crippen LogP contribution in [-0.4, -0.2) is 44.5 Å². The molecule has 0 saturated heterocycles. The number of nitrogens with zero attached hydrogens (tertiary/aromatic N) is 2. The van der Waals surface area contributed by atoms with Crippen LogP contribution >= 0.6 is 11.6 Å². The number of rotatable bonds is 8. The van der Waals surface area contributed by atoms with Gasteiger partial charge in [-0.3, -0.25) is 19.4 Å². The molecule has 0 spiro atoms. The van der Waals surface area contributed by atoms with Gasteiger partial charge in [0.15, 0.2) is 5.78 Å². The number of halogens is 1. The Labute approximate surface area is 242 Å². The number of aromatic carboxylic acids is 1. The van der Waals surface area contributed by atoms with Gasteiger partial charge in [0.1, 0.15) is 5.78 Å². The normalized spacial score (nSPS) is 14.9. The fraction of sp³-hybridized carbons (Fsp3) is 0.182. The van der Waals surface area contributed by atoms with Crippen molar-refractivity contribution in [1.29, 1.82) is 0 Å². The van der Waals surface area contributed by atoms with E-state index in [0.29, 0.717) is 38.5 Å². The fourth-order valence-electron chi connectivity index (χ4n) is 5.26. The summed E-state index contributed by atoms with van der Waals surface area (Å²) in [4.78, 5) is 57.3. The molecule has 1 aromatic heterocycles. The molecule has 1 amide bonds. The van der Waals surface area contributed by atoms with Gasteiger partial charge in [-0.05, 0) is 77.2 Å². The molecule has 3 aromatic carbocycles. The van der Waals surface area contributed by atoms with E-state index in [-0.39, 0.29) is 48.8 Å². The lowest BCUT2D eigenvalue weighted by molar-refractivity contribution is -0.122. The van der Waals surface area contributed by atoms with Gasteiger partial charge in [-0.15, -0.1) is 0 Å². The van der Waals surface area contributed by atoms with Crippen LogP contribution in [0, 0.1) is 0 Å². The first kappa shape index (κ1) is 27.9. The number of carboxylic acid groups (broad SMARTS) is 1. The summed E-state index contributed by atoms with van der Waals surface area (Å²) in [6.45, 7) is 1.58. The summed E-state index contributed by atoms with van der Waals surface area (Å²) in [6.07, 6.45) is 2.18. The number of carbonyl (C=O) groups excluding carboxylic acids is 3. The van der Waals surface area contributed by atoms with Crippen molar-refractivity contribution in [2.45, 2.75) is 38.8 Å². The second kappa shape index (κ2) is 11.9. The van der Waals surface area contributed by atoms with Crippen molar-refractivity contribution in [3.05, 3.63) is 124 Å². The quantitative estimate of drug-likeness (QED) is 0.297. The number of fused-ring (bicyclic) bond motifs is 1. The molecule has 2 heterocycles. The standard InChI is InChI=1S/C33H27ClN2O5/c1-20(37)13-21-5-4-6-23(14-21)29-15-22(8-10-28(29)33(40)41)19-36-30(18-26-7-2-3-12-35-26)31(38)17-24-16-25(34)9-11-27(24)32(36)39/h2-12,14-16,30H,13,17-19H2,1H3,(H,40,41)/t30-/m1/s1. The number of ketones is 2. The summed E-state index contributed by atoms with van der Waals surface area (Å²) in [5.41, 5.74) is 4.29. The third-order valence-corrected chi connectivity index (χ3v) is 7.39. The maximum atomic E-state index is 14.0. The van der Waals surface area contributed by atoms with Crippen LogP contribution < -0.4 is 0 Å². The average Bonchev–Trinajstić information content (AvgIpc) is 3.03. The molecule has 1 N–H and O–H groups in total. The smallest absolute Gasteiger partial charge is 0.336 e. The third kappa shape index (κ3) is 6.26. The monoisotopic (exact) mass is 566 g/mol. The molecule has 0 aliphatic carbocycles. The molecule has 0 radical (unpaired) electrons. The van der Waals surface area contributed by atoms with Crippen molar-refractivity contribution >= 4 is 35.0 Å². The summed E-state index contributed by atoms with van der Waals surface area (Å²) in [6, 6.07) is 21.7. The van der Waals surface area contributed by atoms with E-state index < -0.39 is 12.0 Å². The molecule has 0 bridgehead atoms. The van der Waals surface area contributed by atoms with Crippen molar-refractivity contribution < 1.29 is 24.3 Å². The van der Waals surface area contributed by atoms with Crippen LogP contribution in [0.15, 0.2) is 85.1 Å². The molecule has 206 valence electrons. The van der Waals surface area contributed by atoms with Gasteiger partial charge in [-0.25, -0.2) is 4.79 Å². The molecule has 5 rings (SSSR count). The molecule has 0 unspecified atom stereocenters. The Bertz CT molecular complexity index is 1670. The Balaban J connectivity index is 1.57. The number of hydrogen-bond acceptors (Lipinski definition) is 5. The summed E-state index contributed by atoms with van der Waals surface area (Å²) in [5, 5.41) is 10.4. The first-order valence-corrected chi connectivity index (χ1v) is 13.5. The number of amides is 1. The van der Waals surface area contributed by atoms with Crippen LogP contribution in [0.1, 0.15) is 50.0 Å². The Hall–Kier alpha value is -4.62. The Morgan fingerprint density at radius 2 is 1.78 bits per heavy atom. The molecule has 1 aliphatic heterocycles. The highest BCUT2D eigenvalue weighted by molar-refractivity contribution is 6.30.